The largest absolute Gasteiger partial charge is 0.235 e. The van der Waals surface area contributed by atoms with Gasteiger partial charge in [-0.1, -0.05) is 30.3 Å². The van der Waals surface area contributed by atoms with E-state index in [4.69, 9.17) is 23.2 Å². The Balaban J connectivity index is 2.95. The van der Waals surface area contributed by atoms with E-state index in [0.29, 0.717) is 0 Å². The molecular weight excluding hydrogens is 209 g/mol. The Bertz CT molecular complexity index is 307. The van der Waals surface area contributed by atoms with E-state index in [-0.39, 0.29) is 0 Å². The minimum atomic E-state index is -0.733. The normalized spacial score (nSPS) is 12.2. The Morgan fingerprint density at radius 2 is 1.85 bits per heavy atom. The Hall–Kier alpha value is -0.820. The Labute approximate surface area is 86.2 Å². The summed E-state index contributed by atoms with van der Waals surface area (Å²) in [7, 11) is 0. The Kier molecular flexibility index (Phi) is 3.97. The summed E-state index contributed by atoms with van der Waals surface area (Å²) in [6.07, 6.45) is 1.45. The monoisotopic (exact) mass is 215 g/mol. The van der Waals surface area contributed by atoms with E-state index < -0.39 is 10.9 Å². The van der Waals surface area contributed by atoms with E-state index in [1.165, 1.54) is 6.08 Å². The van der Waals surface area contributed by atoms with Crippen molar-refractivity contribution in [3.05, 3.63) is 35.9 Å². The minimum Gasteiger partial charge on any atom is -0.211 e. The number of nitrogens with zero attached hydrogens (tertiary/aromatic N) is 1. The molecule has 0 aliphatic heterocycles. The lowest BCUT2D eigenvalue weighted by molar-refractivity contribution is 0.559. The first-order valence-electron chi connectivity index (χ1n) is 3.66. The molecule has 0 spiro atoms. The summed E-state index contributed by atoms with van der Waals surface area (Å²) >= 11 is 11.3. The van der Waals surface area contributed by atoms with Crippen molar-refractivity contribution in [2.75, 3.05) is 0 Å². The van der Waals surface area contributed by atoms with E-state index in [0.717, 1.165) is 5.56 Å². The number of hydrogen-bond acceptors (Lipinski definition) is 2. The SMILES string of the molecule is O=C=NC(c1ccccc1)C(Cl)Cl. The third-order valence-electron chi connectivity index (χ3n) is 1.57. The summed E-state index contributed by atoms with van der Waals surface area (Å²) in [6, 6.07) is 8.62. The first-order chi connectivity index (χ1) is 6.25. The van der Waals surface area contributed by atoms with Crippen LogP contribution < -0.4 is 0 Å². The lowest BCUT2D eigenvalue weighted by Crippen LogP contribution is -2.03. The molecule has 0 aromatic heterocycles. The number of benzene rings is 1. The standard InChI is InChI=1S/C9H7Cl2NO/c10-9(11)8(12-6-13)7-4-2-1-3-5-7/h1-5,8-9H. The number of hydrogen-bond donors (Lipinski definition) is 0. The maximum atomic E-state index is 10.1. The average Bonchev–Trinajstić information content (AvgIpc) is 2.15. The zero-order valence-corrected chi connectivity index (χ0v) is 8.16. The van der Waals surface area contributed by atoms with Crippen molar-refractivity contribution in [1.82, 2.24) is 0 Å². The van der Waals surface area contributed by atoms with E-state index in [9.17, 15) is 4.79 Å². The number of rotatable bonds is 3. The third-order valence-corrected chi connectivity index (χ3v) is 2.05. The number of carbonyl (C=O) groups excluding carboxylic acids is 1. The van der Waals surface area contributed by atoms with Crippen LogP contribution in [-0.4, -0.2) is 10.9 Å². The molecule has 13 heavy (non-hydrogen) atoms. The molecule has 0 radical (unpaired) electrons. The molecular formula is C9H7Cl2NO. The molecule has 0 saturated carbocycles. The van der Waals surface area contributed by atoms with Crippen LogP contribution in [0.2, 0.25) is 0 Å². The lowest BCUT2D eigenvalue weighted by atomic mass is 10.1. The van der Waals surface area contributed by atoms with Crippen molar-refractivity contribution in [3.8, 4) is 0 Å². The van der Waals surface area contributed by atoms with Gasteiger partial charge in [-0.3, -0.25) is 0 Å². The van der Waals surface area contributed by atoms with Gasteiger partial charge in [0.05, 0.1) is 0 Å². The number of alkyl halides is 2. The molecule has 4 heteroatoms. The van der Waals surface area contributed by atoms with Gasteiger partial charge in [0.15, 0.2) is 0 Å². The van der Waals surface area contributed by atoms with E-state index >= 15 is 0 Å². The predicted molar refractivity (Wildman–Crippen MR) is 52.8 cm³/mol. The second kappa shape index (κ2) is 5.03. The fourth-order valence-corrected chi connectivity index (χ4v) is 1.39. The van der Waals surface area contributed by atoms with Crippen LogP contribution in [0.15, 0.2) is 35.3 Å². The summed E-state index contributed by atoms with van der Waals surface area (Å²) < 4.78 is 0. The van der Waals surface area contributed by atoms with Gasteiger partial charge in [-0.25, -0.2) is 4.79 Å². The Morgan fingerprint density at radius 1 is 1.23 bits per heavy atom. The molecule has 0 heterocycles. The average molecular weight is 216 g/mol. The maximum Gasteiger partial charge on any atom is 0.235 e. The van der Waals surface area contributed by atoms with E-state index in [1.807, 2.05) is 30.3 Å². The van der Waals surface area contributed by atoms with Crippen LogP contribution in [0, 0.1) is 0 Å². The molecule has 1 rings (SSSR count). The zero-order valence-electron chi connectivity index (χ0n) is 6.65. The molecule has 1 aromatic carbocycles. The van der Waals surface area contributed by atoms with Gasteiger partial charge in [0.2, 0.25) is 6.08 Å². The van der Waals surface area contributed by atoms with Gasteiger partial charge >= 0.3 is 0 Å². The molecule has 2 nitrogen and oxygen atoms in total. The quantitative estimate of drug-likeness (QED) is 0.434. The Morgan fingerprint density at radius 3 is 2.31 bits per heavy atom. The molecule has 1 aromatic rings. The van der Waals surface area contributed by atoms with Crippen LogP contribution in [0.1, 0.15) is 11.6 Å². The summed E-state index contributed by atoms with van der Waals surface area (Å²) in [6.45, 7) is 0. The van der Waals surface area contributed by atoms with Crippen molar-refractivity contribution >= 4 is 29.3 Å². The van der Waals surface area contributed by atoms with Crippen LogP contribution in [0.25, 0.3) is 0 Å². The highest BCUT2D eigenvalue weighted by atomic mass is 35.5. The molecule has 0 amide bonds. The smallest absolute Gasteiger partial charge is 0.211 e. The van der Waals surface area contributed by atoms with Gasteiger partial charge in [0, 0.05) is 0 Å². The fraction of sp³-hybridized carbons (Fsp3) is 0.222. The molecule has 68 valence electrons. The fourth-order valence-electron chi connectivity index (χ4n) is 0.983. The summed E-state index contributed by atoms with van der Waals surface area (Å²) in [5.41, 5.74) is 0.806. The highest BCUT2D eigenvalue weighted by molar-refractivity contribution is 6.44. The molecule has 0 fully saturated rings. The first kappa shape index (κ1) is 10.3. The van der Waals surface area contributed by atoms with Gasteiger partial charge in [0.25, 0.3) is 0 Å². The second-order valence-corrected chi connectivity index (χ2v) is 3.57. The minimum absolute atomic E-state index is 0.526. The zero-order chi connectivity index (χ0) is 9.68. The predicted octanol–water partition coefficient (Wildman–Crippen LogP) is 2.87. The molecule has 0 aliphatic rings. The molecule has 0 bridgehead atoms. The second-order valence-electron chi connectivity index (χ2n) is 2.41. The van der Waals surface area contributed by atoms with Crippen LogP contribution in [-0.2, 0) is 4.79 Å². The van der Waals surface area contributed by atoms with Gasteiger partial charge in [0.1, 0.15) is 10.9 Å². The van der Waals surface area contributed by atoms with Crippen molar-refractivity contribution in [2.45, 2.75) is 10.9 Å². The highest BCUT2D eigenvalue weighted by Crippen LogP contribution is 2.27. The van der Waals surface area contributed by atoms with Gasteiger partial charge in [-0.05, 0) is 5.56 Å². The number of aliphatic imine (C=N–C) groups is 1. The topological polar surface area (TPSA) is 29.4 Å². The molecule has 0 aliphatic carbocycles. The first-order valence-corrected chi connectivity index (χ1v) is 4.53. The van der Waals surface area contributed by atoms with Crippen molar-refractivity contribution in [1.29, 1.82) is 0 Å². The molecule has 0 saturated heterocycles. The summed E-state index contributed by atoms with van der Waals surface area (Å²) in [4.78, 5) is 12.9. The van der Waals surface area contributed by atoms with E-state index in [2.05, 4.69) is 4.99 Å². The van der Waals surface area contributed by atoms with Crippen molar-refractivity contribution < 1.29 is 4.79 Å². The van der Waals surface area contributed by atoms with Crippen LogP contribution in [0.4, 0.5) is 0 Å². The van der Waals surface area contributed by atoms with Crippen LogP contribution in [0.3, 0.4) is 0 Å². The molecule has 1 atom stereocenters. The number of isocyanates is 1. The third kappa shape index (κ3) is 2.85. The van der Waals surface area contributed by atoms with Gasteiger partial charge in [-0.2, -0.15) is 4.99 Å². The summed E-state index contributed by atoms with van der Waals surface area (Å²) in [5, 5.41) is 0. The maximum absolute atomic E-state index is 10.1. The van der Waals surface area contributed by atoms with Gasteiger partial charge in [-0.15, -0.1) is 23.2 Å². The van der Waals surface area contributed by atoms with Gasteiger partial charge < -0.3 is 0 Å². The highest BCUT2D eigenvalue weighted by Gasteiger charge is 2.17. The van der Waals surface area contributed by atoms with Crippen LogP contribution >= 0.6 is 23.2 Å². The van der Waals surface area contributed by atoms with Crippen molar-refractivity contribution in [2.24, 2.45) is 4.99 Å². The lowest BCUT2D eigenvalue weighted by Gasteiger charge is -2.10. The summed E-state index contributed by atoms with van der Waals surface area (Å²) in [5.74, 6) is 0. The van der Waals surface area contributed by atoms with Crippen LogP contribution in [0.5, 0.6) is 0 Å². The number of halogens is 2. The molecule has 0 N–H and O–H groups in total. The van der Waals surface area contributed by atoms with Crippen molar-refractivity contribution in [3.63, 3.8) is 0 Å². The molecule has 1 unspecified atom stereocenters. The van der Waals surface area contributed by atoms with E-state index in [1.54, 1.807) is 0 Å².